The lowest BCUT2D eigenvalue weighted by Crippen LogP contribution is -2.39. The van der Waals surface area contributed by atoms with Crippen LogP contribution in [-0.4, -0.2) is 39.1 Å². The number of carbonyl (C=O) groups is 3. The van der Waals surface area contributed by atoms with Crippen molar-refractivity contribution in [2.24, 2.45) is 23.7 Å². The number of hydrogen-bond acceptors (Lipinski definition) is 5. The van der Waals surface area contributed by atoms with E-state index in [1.807, 2.05) is 42.5 Å². The van der Waals surface area contributed by atoms with E-state index in [1.54, 1.807) is 0 Å². The van der Waals surface area contributed by atoms with Crippen molar-refractivity contribution in [3.05, 3.63) is 54.9 Å². The smallest absolute Gasteiger partial charge is 0.244 e. The second-order valence-corrected chi connectivity index (χ2v) is 7.47. The Morgan fingerprint density at radius 1 is 1.00 bits per heavy atom. The maximum absolute atomic E-state index is 12.6. The second-order valence-electron chi connectivity index (χ2n) is 7.47. The summed E-state index contributed by atoms with van der Waals surface area (Å²) in [6, 6.07) is 9.51. The molecule has 1 aromatic carbocycles. The van der Waals surface area contributed by atoms with Gasteiger partial charge in [-0.25, -0.2) is 9.97 Å². The SMILES string of the molecule is O=C(CN1C(=O)C2C3C=CC(C3)C2C1=O)Nc1cnc(-c2ccccc2)nc1. The van der Waals surface area contributed by atoms with E-state index in [4.69, 9.17) is 0 Å². The van der Waals surface area contributed by atoms with Crippen molar-refractivity contribution < 1.29 is 14.4 Å². The Labute approximate surface area is 161 Å². The van der Waals surface area contributed by atoms with Gasteiger partial charge in [-0.1, -0.05) is 42.5 Å². The molecule has 7 nitrogen and oxygen atoms in total. The standard InChI is InChI=1S/C21H18N4O3/c26-16(24-15-9-22-19(23-10-15)12-4-2-1-3-5-12)11-25-20(27)17-13-6-7-14(8-13)18(17)21(25)28/h1-7,9-10,13-14,17-18H,8,11H2,(H,24,26). The molecule has 140 valence electrons. The highest BCUT2D eigenvalue weighted by Crippen LogP contribution is 2.52. The molecule has 2 aliphatic carbocycles. The third-order valence-corrected chi connectivity index (χ3v) is 5.83. The number of aromatic nitrogens is 2. The van der Waals surface area contributed by atoms with Gasteiger partial charge < -0.3 is 5.32 Å². The van der Waals surface area contributed by atoms with Gasteiger partial charge in [0.1, 0.15) is 6.54 Å². The Morgan fingerprint density at radius 3 is 2.21 bits per heavy atom. The highest BCUT2D eigenvalue weighted by Gasteiger charge is 2.59. The lowest BCUT2D eigenvalue weighted by atomic mass is 9.85. The minimum absolute atomic E-state index is 0.137. The van der Waals surface area contributed by atoms with Gasteiger partial charge in [-0.05, 0) is 18.3 Å². The van der Waals surface area contributed by atoms with E-state index in [-0.39, 0.29) is 42.0 Å². The number of benzene rings is 1. The van der Waals surface area contributed by atoms with Crippen LogP contribution in [0.1, 0.15) is 6.42 Å². The van der Waals surface area contributed by atoms with Gasteiger partial charge in [0.2, 0.25) is 17.7 Å². The minimum atomic E-state index is -0.432. The Balaban J connectivity index is 1.25. The van der Waals surface area contributed by atoms with E-state index in [0.29, 0.717) is 11.5 Å². The molecule has 1 saturated carbocycles. The number of imide groups is 1. The van der Waals surface area contributed by atoms with Gasteiger partial charge in [0.25, 0.3) is 0 Å². The summed E-state index contributed by atoms with van der Waals surface area (Å²) in [6.07, 6.45) is 7.97. The molecule has 2 bridgehead atoms. The molecule has 3 amide bonds. The van der Waals surface area contributed by atoms with Crippen LogP contribution in [0.25, 0.3) is 11.4 Å². The molecule has 1 aromatic heterocycles. The minimum Gasteiger partial charge on any atom is -0.322 e. The zero-order chi connectivity index (χ0) is 19.3. The van der Waals surface area contributed by atoms with Gasteiger partial charge in [-0.2, -0.15) is 0 Å². The first-order chi connectivity index (χ1) is 13.6. The first-order valence-corrected chi connectivity index (χ1v) is 9.32. The van der Waals surface area contributed by atoms with Gasteiger partial charge in [0.05, 0.1) is 29.9 Å². The van der Waals surface area contributed by atoms with Crippen molar-refractivity contribution in [3.8, 4) is 11.4 Å². The number of fused-ring (bicyclic) bond motifs is 5. The molecule has 0 spiro atoms. The normalized spacial score (nSPS) is 27.4. The van der Waals surface area contributed by atoms with Crippen LogP contribution in [0.15, 0.2) is 54.9 Å². The Bertz CT molecular complexity index is 956. The molecule has 7 heteroatoms. The van der Waals surface area contributed by atoms with Gasteiger partial charge >= 0.3 is 0 Å². The molecular weight excluding hydrogens is 356 g/mol. The number of likely N-dealkylation sites (tertiary alicyclic amines) is 1. The average Bonchev–Trinajstić information content (AvgIpc) is 3.39. The molecule has 1 saturated heterocycles. The molecule has 2 fully saturated rings. The van der Waals surface area contributed by atoms with Gasteiger partial charge in [-0.15, -0.1) is 0 Å². The molecule has 5 rings (SSSR count). The predicted molar refractivity (Wildman–Crippen MR) is 101 cm³/mol. The molecule has 4 unspecified atom stereocenters. The van der Waals surface area contributed by atoms with E-state index in [1.165, 1.54) is 12.4 Å². The van der Waals surface area contributed by atoms with Crippen LogP contribution >= 0.6 is 0 Å². The number of anilines is 1. The summed E-state index contributed by atoms with van der Waals surface area (Å²) in [5.41, 5.74) is 1.30. The summed E-state index contributed by atoms with van der Waals surface area (Å²) in [5, 5.41) is 2.67. The van der Waals surface area contributed by atoms with Crippen molar-refractivity contribution in [1.29, 1.82) is 0 Å². The summed E-state index contributed by atoms with van der Waals surface area (Å²) >= 11 is 0. The number of nitrogens with one attached hydrogen (secondary N) is 1. The molecule has 0 radical (unpaired) electrons. The van der Waals surface area contributed by atoms with Crippen molar-refractivity contribution in [2.45, 2.75) is 6.42 Å². The molecule has 4 atom stereocenters. The Hall–Kier alpha value is -3.35. The number of amides is 3. The first-order valence-electron chi connectivity index (χ1n) is 9.32. The zero-order valence-electron chi connectivity index (χ0n) is 15.0. The third-order valence-electron chi connectivity index (χ3n) is 5.83. The lowest BCUT2D eigenvalue weighted by molar-refractivity contribution is -0.143. The van der Waals surface area contributed by atoms with Crippen molar-refractivity contribution in [2.75, 3.05) is 11.9 Å². The van der Waals surface area contributed by atoms with Crippen LogP contribution in [0.2, 0.25) is 0 Å². The predicted octanol–water partition coefficient (Wildman–Crippen LogP) is 1.89. The second kappa shape index (κ2) is 6.37. The highest BCUT2D eigenvalue weighted by atomic mass is 16.2. The summed E-state index contributed by atoms with van der Waals surface area (Å²) in [4.78, 5) is 47.3. The fraction of sp³-hybridized carbons (Fsp3) is 0.286. The third kappa shape index (κ3) is 2.62. The summed E-state index contributed by atoms with van der Waals surface area (Å²) < 4.78 is 0. The largest absolute Gasteiger partial charge is 0.322 e. The van der Waals surface area contributed by atoms with Gasteiger partial charge in [0, 0.05) is 5.56 Å². The van der Waals surface area contributed by atoms with Crippen LogP contribution < -0.4 is 5.32 Å². The van der Waals surface area contributed by atoms with E-state index in [9.17, 15) is 14.4 Å². The first kappa shape index (κ1) is 16.8. The molecule has 28 heavy (non-hydrogen) atoms. The highest BCUT2D eigenvalue weighted by molar-refractivity contribution is 6.09. The maximum Gasteiger partial charge on any atom is 0.244 e. The number of nitrogens with zero attached hydrogens (tertiary/aromatic N) is 3. The zero-order valence-corrected chi connectivity index (χ0v) is 15.0. The molecule has 1 N–H and O–H groups in total. The number of allylic oxidation sites excluding steroid dienone is 2. The fourth-order valence-corrected chi connectivity index (χ4v) is 4.59. The van der Waals surface area contributed by atoms with E-state index >= 15 is 0 Å². The Morgan fingerprint density at radius 2 is 1.61 bits per heavy atom. The average molecular weight is 374 g/mol. The molecule has 2 heterocycles. The van der Waals surface area contributed by atoms with E-state index in [2.05, 4.69) is 15.3 Å². The van der Waals surface area contributed by atoms with Crippen LogP contribution in [0.5, 0.6) is 0 Å². The van der Waals surface area contributed by atoms with Crippen molar-refractivity contribution in [1.82, 2.24) is 14.9 Å². The lowest BCUT2D eigenvalue weighted by Gasteiger charge is -2.16. The van der Waals surface area contributed by atoms with Crippen LogP contribution in [0.3, 0.4) is 0 Å². The van der Waals surface area contributed by atoms with E-state index < -0.39 is 5.91 Å². The van der Waals surface area contributed by atoms with Crippen molar-refractivity contribution in [3.63, 3.8) is 0 Å². The Kier molecular flexibility index (Phi) is 3.82. The van der Waals surface area contributed by atoms with Crippen LogP contribution in [0, 0.1) is 23.7 Å². The molecular formula is C21H18N4O3. The maximum atomic E-state index is 12.6. The van der Waals surface area contributed by atoms with Gasteiger partial charge in [0.15, 0.2) is 5.82 Å². The topological polar surface area (TPSA) is 92.3 Å². The van der Waals surface area contributed by atoms with Gasteiger partial charge in [-0.3, -0.25) is 19.3 Å². The van der Waals surface area contributed by atoms with E-state index in [0.717, 1.165) is 16.9 Å². The van der Waals surface area contributed by atoms with Crippen molar-refractivity contribution >= 4 is 23.4 Å². The van der Waals surface area contributed by atoms with Crippen LogP contribution in [-0.2, 0) is 14.4 Å². The number of carbonyl (C=O) groups excluding carboxylic acids is 3. The number of hydrogen-bond donors (Lipinski definition) is 1. The molecule has 3 aliphatic rings. The summed E-state index contributed by atoms with van der Waals surface area (Å²) in [5.74, 6) is -0.628. The quantitative estimate of drug-likeness (QED) is 0.652. The van der Waals surface area contributed by atoms with Crippen LogP contribution in [0.4, 0.5) is 5.69 Å². The summed E-state index contributed by atoms with van der Waals surface area (Å²) in [7, 11) is 0. The fourth-order valence-electron chi connectivity index (χ4n) is 4.59. The molecule has 2 aromatic rings. The number of rotatable bonds is 4. The molecule has 1 aliphatic heterocycles. The monoisotopic (exact) mass is 374 g/mol. The summed E-state index contributed by atoms with van der Waals surface area (Å²) in [6.45, 7) is -0.273.